The molecule has 0 fully saturated rings. The van der Waals surface area contributed by atoms with Gasteiger partial charge in [0.15, 0.2) is 0 Å². The molecule has 0 saturated carbocycles. The van der Waals surface area contributed by atoms with Gasteiger partial charge in [0.25, 0.3) is 0 Å². The first-order valence-corrected chi connectivity index (χ1v) is 3.93. The summed E-state index contributed by atoms with van der Waals surface area (Å²) in [5.74, 6) is -0.928. The van der Waals surface area contributed by atoms with E-state index in [1.54, 1.807) is 6.92 Å². The van der Waals surface area contributed by atoms with Crippen LogP contribution in [0.2, 0.25) is 0 Å². The third-order valence-electron chi connectivity index (χ3n) is 2.01. The van der Waals surface area contributed by atoms with E-state index in [2.05, 4.69) is 11.3 Å². The van der Waals surface area contributed by atoms with E-state index in [4.69, 9.17) is 0 Å². The van der Waals surface area contributed by atoms with Gasteiger partial charge in [0.2, 0.25) is 0 Å². The summed E-state index contributed by atoms with van der Waals surface area (Å²) in [6.07, 6.45) is 1.89. The first-order valence-electron chi connectivity index (χ1n) is 3.93. The van der Waals surface area contributed by atoms with Crippen molar-refractivity contribution >= 4 is 5.97 Å². The van der Waals surface area contributed by atoms with Crippen molar-refractivity contribution in [3.05, 3.63) is 12.7 Å². The molecule has 0 aromatic carbocycles. The molecule has 0 aliphatic carbocycles. The average Bonchev–Trinajstić information content (AvgIpc) is 2.05. The highest BCUT2D eigenvalue weighted by atomic mass is 16.5. The van der Waals surface area contributed by atoms with E-state index < -0.39 is 17.5 Å². The van der Waals surface area contributed by atoms with Crippen molar-refractivity contribution in [1.29, 1.82) is 0 Å². The highest BCUT2D eigenvalue weighted by Gasteiger charge is 2.33. The monoisotopic (exact) mass is 172 g/mol. The molecule has 2 unspecified atom stereocenters. The number of hydrogen-bond donors (Lipinski definition) is 1. The molecule has 0 aliphatic heterocycles. The smallest absolute Gasteiger partial charge is 0.311 e. The number of aliphatic hydroxyl groups is 1. The molecule has 0 aromatic heterocycles. The molecule has 1 N–H and O–H groups in total. The van der Waals surface area contributed by atoms with E-state index in [9.17, 15) is 9.90 Å². The fourth-order valence-corrected chi connectivity index (χ4v) is 1.10. The van der Waals surface area contributed by atoms with Gasteiger partial charge in [-0.1, -0.05) is 13.0 Å². The summed E-state index contributed by atoms with van der Waals surface area (Å²) in [5, 5.41) is 9.67. The minimum atomic E-state index is -1.18. The Morgan fingerprint density at radius 3 is 2.58 bits per heavy atom. The molecule has 0 aromatic rings. The van der Waals surface area contributed by atoms with E-state index in [0.717, 1.165) is 0 Å². The van der Waals surface area contributed by atoms with E-state index in [1.165, 1.54) is 13.2 Å². The zero-order chi connectivity index (χ0) is 9.78. The van der Waals surface area contributed by atoms with Crippen molar-refractivity contribution in [3.8, 4) is 0 Å². The van der Waals surface area contributed by atoms with Crippen LogP contribution in [0.4, 0.5) is 0 Å². The largest absolute Gasteiger partial charge is 0.469 e. The van der Waals surface area contributed by atoms with Gasteiger partial charge >= 0.3 is 5.97 Å². The number of ether oxygens (including phenoxy) is 1. The molecule has 3 nitrogen and oxygen atoms in total. The van der Waals surface area contributed by atoms with Gasteiger partial charge in [-0.3, -0.25) is 4.79 Å². The minimum Gasteiger partial charge on any atom is -0.469 e. The Bertz CT molecular complexity index is 173. The Hall–Kier alpha value is -0.830. The number of carbonyl (C=O) groups excluding carboxylic acids is 1. The lowest BCUT2D eigenvalue weighted by molar-refractivity contribution is -0.152. The number of methoxy groups -OCH3 is 1. The van der Waals surface area contributed by atoms with Crippen LogP contribution in [0.5, 0.6) is 0 Å². The van der Waals surface area contributed by atoms with Crippen molar-refractivity contribution < 1.29 is 14.6 Å². The Balaban J connectivity index is 4.54. The van der Waals surface area contributed by atoms with Crippen LogP contribution in [0.25, 0.3) is 0 Å². The lowest BCUT2D eigenvalue weighted by Gasteiger charge is -2.26. The lowest BCUT2D eigenvalue weighted by atomic mass is 9.87. The molecule has 0 saturated heterocycles. The summed E-state index contributed by atoms with van der Waals surface area (Å²) in [6, 6.07) is 0. The number of rotatable bonds is 4. The number of esters is 1. The van der Waals surface area contributed by atoms with Gasteiger partial charge in [-0.05, 0) is 13.3 Å². The van der Waals surface area contributed by atoms with Crippen LogP contribution in [0.1, 0.15) is 20.3 Å². The van der Waals surface area contributed by atoms with Crippen molar-refractivity contribution in [3.63, 3.8) is 0 Å². The Kier molecular flexibility index (Phi) is 3.96. The third-order valence-corrected chi connectivity index (χ3v) is 2.01. The second kappa shape index (κ2) is 4.26. The first-order chi connectivity index (χ1) is 5.49. The molecule has 3 heteroatoms. The molecule has 0 bridgehead atoms. The molecular formula is C9H16O3. The van der Waals surface area contributed by atoms with E-state index in [-0.39, 0.29) is 0 Å². The van der Waals surface area contributed by atoms with Gasteiger partial charge < -0.3 is 9.84 Å². The Morgan fingerprint density at radius 2 is 2.33 bits per heavy atom. The molecular weight excluding hydrogens is 156 g/mol. The molecule has 0 rings (SSSR count). The van der Waals surface area contributed by atoms with Gasteiger partial charge in [0.05, 0.1) is 18.6 Å². The van der Waals surface area contributed by atoms with Crippen molar-refractivity contribution in [2.24, 2.45) is 5.92 Å². The van der Waals surface area contributed by atoms with Crippen LogP contribution in [0.15, 0.2) is 12.7 Å². The molecule has 0 heterocycles. The number of hydrogen-bond acceptors (Lipinski definition) is 3. The maximum absolute atomic E-state index is 11.1. The summed E-state index contributed by atoms with van der Waals surface area (Å²) >= 11 is 0. The predicted molar refractivity (Wildman–Crippen MR) is 46.6 cm³/mol. The van der Waals surface area contributed by atoms with Crippen LogP contribution >= 0.6 is 0 Å². The van der Waals surface area contributed by atoms with Crippen LogP contribution in [0.3, 0.4) is 0 Å². The third kappa shape index (κ3) is 2.34. The standard InChI is InChI=1S/C9H16O3/c1-5-7(8(10)12-4)9(3,11)6-2/h6-7,11H,2,5H2,1,3-4H3. The minimum absolute atomic E-state index is 0.401. The first kappa shape index (κ1) is 11.2. The Morgan fingerprint density at radius 1 is 1.83 bits per heavy atom. The zero-order valence-electron chi connectivity index (χ0n) is 7.83. The van der Waals surface area contributed by atoms with Gasteiger partial charge in [0.1, 0.15) is 0 Å². The van der Waals surface area contributed by atoms with E-state index >= 15 is 0 Å². The highest BCUT2D eigenvalue weighted by Crippen LogP contribution is 2.22. The molecule has 0 spiro atoms. The van der Waals surface area contributed by atoms with E-state index in [0.29, 0.717) is 6.42 Å². The van der Waals surface area contributed by atoms with Crippen LogP contribution in [0, 0.1) is 5.92 Å². The van der Waals surface area contributed by atoms with Crippen molar-refractivity contribution in [1.82, 2.24) is 0 Å². The molecule has 0 radical (unpaired) electrons. The van der Waals surface area contributed by atoms with Crippen LogP contribution in [-0.4, -0.2) is 23.8 Å². The zero-order valence-corrected chi connectivity index (χ0v) is 7.83. The Labute approximate surface area is 73.0 Å². The van der Waals surface area contributed by atoms with Crippen LogP contribution < -0.4 is 0 Å². The topological polar surface area (TPSA) is 46.5 Å². The highest BCUT2D eigenvalue weighted by molar-refractivity contribution is 5.74. The summed E-state index contributed by atoms with van der Waals surface area (Å²) in [7, 11) is 1.31. The molecule has 2 atom stereocenters. The van der Waals surface area contributed by atoms with E-state index in [1.807, 2.05) is 6.92 Å². The summed E-state index contributed by atoms with van der Waals surface area (Å²) < 4.78 is 4.54. The predicted octanol–water partition coefficient (Wildman–Crippen LogP) is 1.12. The summed E-state index contributed by atoms with van der Waals surface area (Å²) in [6.45, 7) is 6.83. The lowest BCUT2D eigenvalue weighted by Crippen LogP contribution is -2.37. The summed E-state index contributed by atoms with van der Waals surface area (Å²) in [5.41, 5.74) is -1.18. The molecule has 0 aliphatic rings. The summed E-state index contributed by atoms with van der Waals surface area (Å²) in [4.78, 5) is 11.1. The normalized spacial score (nSPS) is 17.7. The van der Waals surface area contributed by atoms with Gasteiger partial charge in [-0.25, -0.2) is 0 Å². The maximum Gasteiger partial charge on any atom is 0.311 e. The molecule has 12 heavy (non-hydrogen) atoms. The maximum atomic E-state index is 11.1. The van der Waals surface area contributed by atoms with Gasteiger partial charge in [-0.2, -0.15) is 0 Å². The average molecular weight is 172 g/mol. The quantitative estimate of drug-likeness (QED) is 0.510. The van der Waals surface area contributed by atoms with Crippen molar-refractivity contribution in [2.75, 3.05) is 7.11 Å². The fraction of sp³-hybridized carbons (Fsp3) is 0.667. The van der Waals surface area contributed by atoms with Gasteiger partial charge in [0, 0.05) is 0 Å². The SMILES string of the molecule is C=CC(C)(O)C(CC)C(=O)OC. The van der Waals surface area contributed by atoms with Crippen LogP contribution in [-0.2, 0) is 9.53 Å². The molecule has 70 valence electrons. The fourth-order valence-electron chi connectivity index (χ4n) is 1.10. The second-order valence-corrected chi connectivity index (χ2v) is 2.91. The molecule has 0 amide bonds. The van der Waals surface area contributed by atoms with Crippen molar-refractivity contribution in [2.45, 2.75) is 25.9 Å². The number of carbonyl (C=O) groups is 1. The second-order valence-electron chi connectivity index (χ2n) is 2.91. The van der Waals surface area contributed by atoms with Gasteiger partial charge in [-0.15, -0.1) is 6.58 Å².